The first-order valence-corrected chi connectivity index (χ1v) is 7.07. The van der Waals surface area contributed by atoms with Gasteiger partial charge in [-0.1, -0.05) is 17.7 Å². The van der Waals surface area contributed by atoms with Gasteiger partial charge >= 0.3 is 5.69 Å². The van der Waals surface area contributed by atoms with Gasteiger partial charge in [0.05, 0.1) is 17.6 Å². The standard InChI is InChI=1S/C13H15N3O3S/c1-10-3-2-4-13(5-10)20-9-12(17)8-15-7-11(6-14-15)16(18)19/h2-7,12,17H,8-9H2,1H3. The highest BCUT2D eigenvalue weighted by molar-refractivity contribution is 7.99. The maximum Gasteiger partial charge on any atom is 0.306 e. The number of benzene rings is 1. The summed E-state index contributed by atoms with van der Waals surface area (Å²) in [6.07, 6.45) is 1.89. The summed E-state index contributed by atoms with van der Waals surface area (Å²) in [5.41, 5.74) is 1.11. The van der Waals surface area contributed by atoms with E-state index in [1.165, 1.54) is 22.6 Å². The molecule has 20 heavy (non-hydrogen) atoms. The van der Waals surface area contributed by atoms with Crippen LogP contribution in [0.25, 0.3) is 0 Å². The first-order chi connectivity index (χ1) is 9.54. The Bertz CT molecular complexity index is 600. The average Bonchev–Trinajstić information content (AvgIpc) is 2.85. The highest BCUT2D eigenvalue weighted by Gasteiger charge is 2.12. The zero-order chi connectivity index (χ0) is 14.5. The van der Waals surface area contributed by atoms with Crippen molar-refractivity contribution in [2.75, 3.05) is 5.75 Å². The summed E-state index contributed by atoms with van der Waals surface area (Å²) in [5, 5.41) is 24.3. The molecule has 1 atom stereocenters. The first kappa shape index (κ1) is 14.5. The van der Waals surface area contributed by atoms with E-state index in [0.29, 0.717) is 5.75 Å². The van der Waals surface area contributed by atoms with Crippen molar-refractivity contribution in [1.29, 1.82) is 0 Å². The summed E-state index contributed by atoms with van der Waals surface area (Å²) < 4.78 is 1.39. The highest BCUT2D eigenvalue weighted by Crippen LogP contribution is 2.20. The van der Waals surface area contributed by atoms with Crippen molar-refractivity contribution in [3.8, 4) is 0 Å². The molecule has 1 unspecified atom stereocenters. The molecule has 1 aromatic carbocycles. The lowest BCUT2D eigenvalue weighted by molar-refractivity contribution is -0.385. The van der Waals surface area contributed by atoms with E-state index in [9.17, 15) is 15.2 Å². The van der Waals surface area contributed by atoms with Crippen LogP contribution in [0.3, 0.4) is 0 Å². The second-order valence-electron chi connectivity index (χ2n) is 4.46. The van der Waals surface area contributed by atoms with Gasteiger partial charge in [0.25, 0.3) is 0 Å². The molecule has 0 bridgehead atoms. The number of aromatic nitrogens is 2. The average molecular weight is 293 g/mol. The van der Waals surface area contributed by atoms with Crippen LogP contribution in [0.15, 0.2) is 41.6 Å². The van der Waals surface area contributed by atoms with Gasteiger partial charge in [-0.05, 0) is 19.1 Å². The highest BCUT2D eigenvalue weighted by atomic mass is 32.2. The molecule has 0 aliphatic heterocycles. The van der Waals surface area contributed by atoms with Crippen LogP contribution >= 0.6 is 11.8 Å². The van der Waals surface area contributed by atoms with E-state index in [1.54, 1.807) is 11.8 Å². The Balaban J connectivity index is 1.85. The van der Waals surface area contributed by atoms with Crippen molar-refractivity contribution in [3.63, 3.8) is 0 Å². The van der Waals surface area contributed by atoms with E-state index >= 15 is 0 Å². The lowest BCUT2D eigenvalue weighted by atomic mass is 10.2. The molecule has 2 rings (SSSR count). The molecule has 0 fully saturated rings. The van der Waals surface area contributed by atoms with Crippen LogP contribution in [-0.4, -0.2) is 31.7 Å². The Morgan fingerprint density at radius 1 is 1.55 bits per heavy atom. The minimum absolute atomic E-state index is 0.0662. The largest absolute Gasteiger partial charge is 0.390 e. The van der Waals surface area contributed by atoms with Crippen molar-refractivity contribution in [2.24, 2.45) is 0 Å². The van der Waals surface area contributed by atoms with E-state index in [0.717, 1.165) is 4.90 Å². The first-order valence-electron chi connectivity index (χ1n) is 6.09. The summed E-state index contributed by atoms with van der Waals surface area (Å²) in [5.74, 6) is 0.511. The molecule has 0 saturated heterocycles. The summed E-state index contributed by atoms with van der Waals surface area (Å²) in [4.78, 5) is 11.1. The number of hydrogen-bond acceptors (Lipinski definition) is 5. The molecule has 7 heteroatoms. The molecule has 1 heterocycles. The number of thioether (sulfide) groups is 1. The number of rotatable bonds is 6. The van der Waals surface area contributed by atoms with Crippen LogP contribution in [-0.2, 0) is 6.54 Å². The van der Waals surface area contributed by atoms with Gasteiger partial charge in [0.1, 0.15) is 12.4 Å². The zero-order valence-corrected chi connectivity index (χ0v) is 11.8. The SMILES string of the molecule is Cc1cccc(SCC(O)Cn2cc([N+](=O)[O-])cn2)c1. The number of aryl methyl sites for hydroxylation is 1. The maximum atomic E-state index is 10.5. The van der Waals surface area contributed by atoms with Gasteiger partial charge in [-0.25, -0.2) is 0 Å². The Morgan fingerprint density at radius 2 is 2.35 bits per heavy atom. The van der Waals surface area contributed by atoms with Crippen LogP contribution in [0.2, 0.25) is 0 Å². The Morgan fingerprint density at radius 3 is 3.00 bits per heavy atom. The quantitative estimate of drug-likeness (QED) is 0.502. The van der Waals surface area contributed by atoms with Gasteiger partial charge in [-0.15, -0.1) is 11.8 Å². The molecular weight excluding hydrogens is 278 g/mol. The third-order valence-electron chi connectivity index (χ3n) is 2.66. The topological polar surface area (TPSA) is 81.2 Å². The molecule has 0 saturated carbocycles. The minimum Gasteiger partial charge on any atom is -0.390 e. The van der Waals surface area contributed by atoms with Crippen LogP contribution < -0.4 is 0 Å². The molecule has 0 radical (unpaired) electrons. The van der Waals surface area contributed by atoms with Gasteiger partial charge in [0.2, 0.25) is 0 Å². The summed E-state index contributed by atoms with van der Waals surface area (Å²) in [7, 11) is 0. The maximum absolute atomic E-state index is 10.5. The molecular formula is C13H15N3O3S. The molecule has 2 aromatic rings. The molecule has 0 spiro atoms. The predicted octanol–water partition coefficient (Wildman–Crippen LogP) is 2.25. The van der Waals surface area contributed by atoms with E-state index in [1.807, 2.05) is 25.1 Å². The van der Waals surface area contributed by atoms with E-state index in [-0.39, 0.29) is 12.2 Å². The molecule has 1 N–H and O–H groups in total. The van der Waals surface area contributed by atoms with Crippen molar-refractivity contribution in [1.82, 2.24) is 9.78 Å². The number of aliphatic hydroxyl groups excluding tert-OH is 1. The number of aliphatic hydroxyl groups is 1. The van der Waals surface area contributed by atoms with Crippen LogP contribution in [0.4, 0.5) is 5.69 Å². The fourth-order valence-electron chi connectivity index (χ4n) is 1.71. The Labute approximate surface area is 120 Å². The third kappa shape index (κ3) is 4.07. The van der Waals surface area contributed by atoms with Gasteiger partial charge in [0, 0.05) is 10.6 Å². The molecule has 106 valence electrons. The zero-order valence-electron chi connectivity index (χ0n) is 11.0. The summed E-state index contributed by atoms with van der Waals surface area (Å²) in [6.45, 7) is 2.26. The van der Waals surface area contributed by atoms with Gasteiger partial charge in [-0.2, -0.15) is 5.10 Å². The Hall–Kier alpha value is -1.86. The lowest BCUT2D eigenvalue weighted by Gasteiger charge is -2.10. The normalized spacial score (nSPS) is 12.3. The van der Waals surface area contributed by atoms with Gasteiger partial charge in [0.15, 0.2) is 0 Å². The van der Waals surface area contributed by atoms with E-state index in [2.05, 4.69) is 11.2 Å². The van der Waals surface area contributed by atoms with E-state index in [4.69, 9.17) is 0 Å². The molecule has 0 aliphatic carbocycles. The smallest absolute Gasteiger partial charge is 0.306 e. The van der Waals surface area contributed by atoms with Crippen molar-refractivity contribution < 1.29 is 10.0 Å². The van der Waals surface area contributed by atoms with Crippen LogP contribution in [0.5, 0.6) is 0 Å². The summed E-state index contributed by atoms with van der Waals surface area (Å²) >= 11 is 1.55. The Kier molecular flexibility index (Phi) is 4.75. The van der Waals surface area contributed by atoms with Crippen LogP contribution in [0, 0.1) is 17.0 Å². The molecule has 0 amide bonds. The number of nitrogens with zero attached hydrogens (tertiary/aromatic N) is 3. The van der Waals surface area contributed by atoms with Crippen molar-refractivity contribution >= 4 is 17.4 Å². The molecule has 6 nitrogen and oxygen atoms in total. The monoisotopic (exact) mass is 293 g/mol. The fraction of sp³-hybridized carbons (Fsp3) is 0.308. The van der Waals surface area contributed by atoms with Gasteiger partial charge < -0.3 is 5.11 Å². The fourth-order valence-corrected chi connectivity index (χ4v) is 2.65. The third-order valence-corrected chi connectivity index (χ3v) is 3.80. The van der Waals surface area contributed by atoms with Gasteiger partial charge in [-0.3, -0.25) is 14.8 Å². The van der Waals surface area contributed by atoms with Crippen molar-refractivity contribution in [3.05, 3.63) is 52.3 Å². The van der Waals surface area contributed by atoms with Crippen molar-refractivity contribution in [2.45, 2.75) is 24.5 Å². The predicted molar refractivity (Wildman–Crippen MR) is 76.8 cm³/mol. The molecule has 0 aliphatic rings. The second kappa shape index (κ2) is 6.53. The minimum atomic E-state index is -0.611. The number of nitro groups is 1. The second-order valence-corrected chi connectivity index (χ2v) is 5.55. The number of hydrogen-bond donors (Lipinski definition) is 1. The van der Waals surface area contributed by atoms with Crippen LogP contribution in [0.1, 0.15) is 5.56 Å². The van der Waals surface area contributed by atoms with E-state index < -0.39 is 11.0 Å². The molecule has 1 aromatic heterocycles. The summed E-state index contributed by atoms with van der Waals surface area (Å²) in [6, 6.07) is 8.03. The lowest BCUT2D eigenvalue weighted by Crippen LogP contribution is -2.18.